The van der Waals surface area contributed by atoms with Gasteiger partial charge >= 0.3 is 18.2 Å². The van der Waals surface area contributed by atoms with Crippen LogP contribution in [0.4, 0.5) is 38.0 Å². The van der Waals surface area contributed by atoms with Crippen molar-refractivity contribution in [2.45, 2.75) is 104 Å². The number of alkyl carbamates (subject to hydrolysis) is 1. The van der Waals surface area contributed by atoms with Crippen molar-refractivity contribution in [2.24, 2.45) is 10.9 Å². The molecule has 446 valence electrons. The van der Waals surface area contributed by atoms with E-state index in [2.05, 4.69) is 16.0 Å². The molecule has 6 aromatic carbocycles. The minimum Gasteiger partial charge on any atom is -0.493 e. The van der Waals surface area contributed by atoms with Crippen LogP contribution in [0.3, 0.4) is 0 Å². The molecule has 0 unspecified atom stereocenters. The molecule has 4 aliphatic heterocycles. The monoisotopic (exact) mass is 1170 g/mol. The van der Waals surface area contributed by atoms with Gasteiger partial charge in [0.05, 0.1) is 68.0 Å². The fraction of sp³-hybridized carbons (Fsp3) is 0.323. The zero-order valence-electron chi connectivity index (χ0n) is 49.2. The number of nitrogens with one attached hydrogen (secondary N) is 3. The van der Waals surface area contributed by atoms with Crippen LogP contribution in [0.15, 0.2) is 120 Å². The molecule has 0 radical (unpaired) electrons. The predicted octanol–water partition coefficient (Wildman–Crippen LogP) is 9.66. The minimum atomic E-state index is -0.980. The van der Waals surface area contributed by atoms with Crippen LogP contribution in [0.5, 0.6) is 23.0 Å². The lowest BCUT2D eigenvalue weighted by Gasteiger charge is -2.26. The predicted molar refractivity (Wildman–Crippen MR) is 320 cm³/mol. The van der Waals surface area contributed by atoms with E-state index in [0.29, 0.717) is 58.0 Å². The van der Waals surface area contributed by atoms with Crippen LogP contribution in [0.25, 0.3) is 0 Å². The van der Waals surface area contributed by atoms with Crippen LogP contribution in [0.2, 0.25) is 0 Å². The Hall–Kier alpha value is -9.92. The lowest BCUT2D eigenvalue weighted by molar-refractivity contribution is -0.128. The highest BCUT2D eigenvalue weighted by Crippen LogP contribution is 2.44. The number of anilines is 4. The summed E-state index contributed by atoms with van der Waals surface area (Å²) in [6.07, 6.45) is 1.39. The van der Waals surface area contributed by atoms with Crippen LogP contribution >= 0.6 is 0 Å². The van der Waals surface area contributed by atoms with E-state index in [1.165, 1.54) is 39.2 Å². The first-order valence-electron chi connectivity index (χ1n) is 28.1. The average Bonchev–Trinajstić information content (AvgIpc) is 4.02. The number of carbonyl (C=O) groups is 7. The van der Waals surface area contributed by atoms with Crippen molar-refractivity contribution in [3.8, 4) is 23.0 Å². The molecule has 0 fully saturated rings. The number of esters is 1. The molecule has 6 amide bonds. The molecule has 0 saturated heterocycles. The summed E-state index contributed by atoms with van der Waals surface area (Å²) in [7, 11) is 4.20. The molecule has 0 saturated carbocycles. The Morgan fingerprint density at radius 1 is 0.640 bits per heavy atom. The van der Waals surface area contributed by atoms with Crippen molar-refractivity contribution in [3.05, 3.63) is 160 Å². The zero-order valence-corrected chi connectivity index (χ0v) is 49.2. The van der Waals surface area contributed by atoms with Gasteiger partial charge in [-0.3, -0.25) is 34.0 Å². The third kappa shape index (κ3) is 12.6. The first kappa shape index (κ1) is 59.2. The molecule has 0 spiro atoms. The van der Waals surface area contributed by atoms with E-state index in [1.54, 1.807) is 111 Å². The van der Waals surface area contributed by atoms with Crippen molar-refractivity contribution in [2.75, 3.05) is 47.9 Å². The maximum absolute atomic E-state index is 14.8. The highest BCUT2D eigenvalue weighted by molar-refractivity contribution is 6.16. The van der Waals surface area contributed by atoms with E-state index < -0.39 is 53.7 Å². The topological polar surface area (TPSA) is 242 Å². The summed E-state index contributed by atoms with van der Waals surface area (Å²) >= 11 is 0. The lowest BCUT2D eigenvalue weighted by atomic mass is 10.0. The number of ether oxygens (including phenoxy) is 7. The molecule has 4 aliphatic rings. The second-order valence-electron chi connectivity index (χ2n) is 22.6. The smallest absolute Gasteiger partial charge is 0.414 e. The molecule has 10 rings (SSSR count). The Labute approximate surface area is 497 Å². The van der Waals surface area contributed by atoms with Gasteiger partial charge in [0.25, 0.3) is 11.8 Å². The van der Waals surface area contributed by atoms with Gasteiger partial charge < -0.3 is 54.0 Å². The summed E-state index contributed by atoms with van der Waals surface area (Å²) in [5.74, 6) is -1.54. The summed E-state index contributed by atoms with van der Waals surface area (Å²) in [4.78, 5) is 105. The summed E-state index contributed by atoms with van der Waals surface area (Å²) in [5.41, 5.74) is 6.27. The standard InChI is InChI=1S/C65H67N7O14/c1-36(2)57(69-63(78)86-65(4,5)6)59(74)67-37(3)58(73)68-44-20-18-38(19-21-44)33-85-64(79)70-32-46-26-42-15-11-13-17-51(42)72(46)61(76)48-28-54(81-8)56(30-52(48)70)84-35-40-22-39(23-43(24-40)62(77)82-9)34-83-55-29-49-47(27-53(55)80-7)60(75)71-45(31-66-49)25-41-14-10-12-16-50(41)71/h10-24,27-31,36-37,45-46,57H,25-26,32-35H2,1-9H3,(H,67,74)(H,68,73)(H,69,78)/t37-,45-,46-,57-/m0/s1. The highest BCUT2D eigenvalue weighted by atomic mass is 16.6. The number of hydrogen-bond acceptors (Lipinski definition) is 15. The van der Waals surface area contributed by atoms with E-state index in [9.17, 15) is 33.6 Å². The van der Waals surface area contributed by atoms with Gasteiger partial charge in [-0.2, -0.15) is 0 Å². The molecule has 21 nitrogen and oxygen atoms in total. The molecular formula is C65H67N7O14. The van der Waals surface area contributed by atoms with Crippen molar-refractivity contribution < 1.29 is 66.7 Å². The van der Waals surface area contributed by atoms with E-state index in [4.69, 9.17) is 38.2 Å². The number of aliphatic imine (C=N–C) groups is 1. The SMILES string of the molecule is COC(=O)c1cc(COc2cc3c(cc2OC)C(=O)N2c4ccccc4C[C@H]2C=N3)cc(COc2cc3c(cc2OC)C(=O)N2c4ccccc4C[C@H]2CN3C(=O)OCc2ccc(NC(=O)[C@H](C)NC(=O)[C@@H](NC(=O)OC(C)(C)C)C(C)C)cc2)c1. The second kappa shape index (κ2) is 24.7. The Morgan fingerprint density at radius 2 is 1.24 bits per heavy atom. The Bertz CT molecular complexity index is 3690. The van der Waals surface area contributed by atoms with Gasteiger partial charge in [-0.15, -0.1) is 0 Å². The average molecular weight is 1170 g/mol. The van der Waals surface area contributed by atoms with Crippen LogP contribution in [0.1, 0.15) is 100 Å². The van der Waals surface area contributed by atoms with Crippen molar-refractivity contribution >= 4 is 76.4 Å². The molecule has 0 aliphatic carbocycles. The third-order valence-corrected chi connectivity index (χ3v) is 15.1. The fourth-order valence-corrected chi connectivity index (χ4v) is 10.9. The van der Waals surface area contributed by atoms with E-state index >= 15 is 0 Å². The molecule has 6 aromatic rings. The number of nitrogens with zero attached hydrogens (tertiary/aromatic N) is 4. The second-order valence-corrected chi connectivity index (χ2v) is 22.6. The summed E-state index contributed by atoms with van der Waals surface area (Å²) in [6.45, 7) is 9.89. The molecule has 0 aromatic heterocycles. The lowest BCUT2D eigenvalue weighted by Crippen LogP contribution is -2.54. The van der Waals surface area contributed by atoms with Crippen LogP contribution in [-0.4, -0.2) is 106 Å². The Kier molecular flexibility index (Phi) is 17.0. The first-order valence-corrected chi connectivity index (χ1v) is 28.1. The molecule has 86 heavy (non-hydrogen) atoms. The van der Waals surface area contributed by atoms with Gasteiger partial charge in [-0.25, -0.2) is 14.4 Å². The van der Waals surface area contributed by atoms with E-state index in [-0.39, 0.29) is 78.5 Å². The number of hydrogen-bond donors (Lipinski definition) is 3. The van der Waals surface area contributed by atoms with Gasteiger partial charge in [-0.1, -0.05) is 62.4 Å². The molecule has 4 heterocycles. The van der Waals surface area contributed by atoms with Crippen molar-refractivity contribution in [3.63, 3.8) is 0 Å². The van der Waals surface area contributed by atoms with Gasteiger partial charge in [0.2, 0.25) is 11.8 Å². The first-order chi connectivity index (χ1) is 41.2. The van der Waals surface area contributed by atoms with Gasteiger partial charge in [0, 0.05) is 41.8 Å². The van der Waals surface area contributed by atoms with E-state index in [1.807, 2.05) is 48.5 Å². The number of benzene rings is 6. The van der Waals surface area contributed by atoms with E-state index in [0.717, 1.165) is 22.5 Å². The normalized spacial score (nSPS) is 16.1. The number of carbonyl (C=O) groups excluding carboxylic acids is 7. The summed E-state index contributed by atoms with van der Waals surface area (Å²) < 4.78 is 40.9. The molecular weight excluding hydrogens is 1100 g/mol. The zero-order chi connectivity index (χ0) is 61.1. The van der Waals surface area contributed by atoms with Gasteiger partial charge in [-0.05, 0) is 122 Å². The van der Waals surface area contributed by atoms with Crippen molar-refractivity contribution in [1.29, 1.82) is 0 Å². The molecule has 21 heteroatoms. The molecule has 0 bridgehead atoms. The number of amides is 6. The maximum Gasteiger partial charge on any atom is 0.414 e. The Balaban J connectivity index is 0.848. The van der Waals surface area contributed by atoms with Crippen LogP contribution < -0.4 is 49.6 Å². The molecule has 4 atom stereocenters. The largest absolute Gasteiger partial charge is 0.493 e. The third-order valence-electron chi connectivity index (χ3n) is 15.1. The van der Waals surface area contributed by atoms with Gasteiger partial charge in [0.15, 0.2) is 23.0 Å². The molecule has 3 N–H and O–H groups in total. The highest BCUT2D eigenvalue weighted by Gasteiger charge is 2.43. The van der Waals surface area contributed by atoms with Crippen LogP contribution in [0, 0.1) is 5.92 Å². The Morgan fingerprint density at radius 3 is 1.87 bits per heavy atom. The minimum absolute atomic E-state index is 0.0476. The van der Waals surface area contributed by atoms with Crippen molar-refractivity contribution in [1.82, 2.24) is 10.6 Å². The summed E-state index contributed by atoms with van der Waals surface area (Å²) in [6, 6.07) is 30.8. The fourth-order valence-electron chi connectivity index (χ4n) is 10.9. The number of methoxy groups -OCH3 is 3. The van der Waals surface area contributed by atoms with Gasteiger partial charge in [0.1, 0.15) is 37.5 Å². The summed E-state index contributed by atoms with van der Waals surface area (Å²) in [5, 5.41) is 8.03. The van der Waals surface area contributed by atoms with Crippen LogP contribution in [-0.2, 0) is 56.5 Å². The maximum atomic E-state index is 14.8. The number of rotatable bonds is 17. The number of para-hydroxylation sites is 2. The quantitative estimate of drug-likeness (QED) is 0.0569. The number of fused-ring (bicyclic) bond motifs is 8.